The maximum Gasteiger partial charge on any atom is 0.272 e. The molecule has 0 aliphatic heterocycles. The molecule has 110 valence electrons. The summed E-state index contributed by atoms with van der Waals surface area (Å²) in [5.74, 6) is 0.961. The van der Waals surface area contributed by atoms with E-state index >= 15 is 0 Å². The second-order valence-electron chi connectivity index (χ2n) is 4.95. The lowest BCUT2D eigenvalue weighted by atomic mass is 10.1. The van der Waals surface area contributed by atoms with Crippen molar-refractivity contribution in [2.45, 2.75) is 26.8 Å². The fourth-order valence-electron chi connectivity index (χ4n) is 2.02. The normalized spacial score (nSPS) is 12.0. The smallest absolute Gasteiger partial charge is 0.272 e. The van der Waals surface area contributed by atoms with E-state index in [1.54, 1.807) is 32.2 Å². The van der Waals surface area contributed by atoms with Crippen molar-refractivity contribution in [3.63, 3.8) is 0 Å². The van der Waals surface area contributed by atoms with Gasteiger partial charge in [-0.25, -0.2) is 4.98 Å². The highest BCUT2D eigenvalue weighted by Crippen LogP contribution is 2.32. The molecule has 6 nitrogen and oxygen atoms in total. The average Bonchev–Trinajstić information content (AvgIpc) is 2.42. The third-order valence-electron chi connectivity index (χ3n) is 3.19. The zero-order valence-corrected chi connectivity index (χ0v) is 12.2. The van der Waals surface area contributed by atoms with Crippen LogP contribution in [0.4, 0.5) is 5.69 Å². The zero-order valence-electron chi connectivity index (χ0n) is 12.2. The Hall–Kier alpha value is -2.47. The molecule has 2 rings (SSSR count). The number of nitro benzene ring substituents is 1. The van der Waals surface area contributed by atoms with Gasteiger partial charge in [0.15, 0.2) is 0 Å². The van der Waals surface area contributed by atoms with E-state index in [1.165, 1.54) is 6.07 Å². The van der Waals surface area contributed by atoms with Crippen molar-refractivity contribution in [2.75, 3.05) is 0 Å². The molecule has 0 radical (unpaired) electrons. The van der Waals surface area contributed by atoms with Crippen LogP contribution in [-0.4, -0.2) is 9.91 Å². The van der Waals surface area contributed by atoms with Gasteiger partial charge in [-0.05, 0) is 38.5 Å². The predicted molar refractivity (Wildman–Crippen MR) is 79.5 cm³/mol. The minimum absolute atomic E-state index is 0.0771. The van der Waals surface area contributed by atoms with Crippen LogP contribution in [0.5, 0.6) is 11.6 Å². The quantitative estimate of drug-likeness (QED) is 0.687. The summed E-state index contributed by atoms with van der Waals surface area (Å²) in [5, 5.41) is 10.9. The number of nitrogens with two attached hydrogens (primary N) is 1. The molecule has 2 N–H and O–H groups in total. The molecule has 21 heavy (non-hydrogen) atoms. The number of aryl methyl sites for hydroxylation is 2. The van der Waals surface area contributed by atoms with Crippen LogP contribution < -0.4 is 10.5 Å². The SMILES string of the molecule is Cc1cc([N+](=O)[O-])c(C)cc1Oc1ncccc1[C@@H](C)N. The number of aromatic nitrogens is 1. The van der Waals surface area contributed by atoms with E-state index in [1.807, 2.05) is 13.0 Å². The summed E-state index contributed by atoms with van der Waals surface area (Å²) in [6, 6.07) is 6.57. The predicted octanol–water partition coefficient (Wildman–Crippen LogP) is 3.42. The molecule has 0 saturated heterocycles. The van der Waals surface area contributed by atoms with Gasteiger partial charge in [-0.2, -0.15) is 0 Å². The van der Waals surface area contributed by atoms with Crippen molar-refractivity contribution in [3.8, 4) is 11.6 Å². The van der Waals surface area contributed by atoms with Gasteiger partial charge in [-0.3, -0.25) is 10.1 Å². The first-order valence-corrected chi connectivity index (χ1v) is 6.54. The van der Waals surface area contributed by atoms with Crippen molar-refractivity contribution in [3.05, 3.63) is 57.3 Å². The van der Waals surface area contributed by atoms with E-state index < -0.39 is 4.92 Å². The highest BCUT2D eigenvalue weighted by Gasteiger charge is 2.16. The highest BCUT2D eigenvalue weighted by molar-refractivity contribution is 5.50. The largest absolute Gasteiger partial charge is 0.438 e. The monoisotopic (exact) mass is 287 g/mol. The molecule has 0 fully saturated rings. The molecule has 0 aliphatic rings. The Kier molecular flexibility index (Phi) is 4.18. The van der Waals surface area contributed by atoms with Crippen LogP contribution in [0.15, 0.2) is 30.5 Å². The van der Waals surface area contributed by atoms with E-state index in [2.05, 4.69) is 4.98 Å². The lowest BCUT2D eigenvalue weighted by molar-refractivity contribution is -0.385. The molecular weight excluding hydrogens is 270 g/mol. The lowest BCUT2D eigenvalue weighted by Gasteiger charge is -2.14. The van der Waals surface area contributed by atoms with E-state index in [9.17, 15) is 10.1 Å². The van der Waals surface area contributed by atoms with Crippen LogP contribution in [0.2, 0.25) is 0 Å². The molecule has 6 heteroatoms. The Labute approximate surface area is 122 Å². The Bertz CT molecular complexity index is 684. The lowest BCUT2D eigenvalue weighted by Crippen LogP contribution is -2.07. The zero-order chi connectivity index (χ0) is 15.6. The first kappa shape index (κ1) is 14.9. The number of ether oxygens (including phenoxy) is 1. The number of nitrogens with zero attached hydrogens (tertiary/aromatic N) is 2. The Balaban J connectivity index is 2.41. The molecule has 1 atom stereocenters. The van der Waals surface area contributed by atoms with Crippen molar-refractivity contribution in [2.24, 2.45) is 5.73 Å². The fourth-order valence-corrected chi connectivity index (χ4v) is 2.02. The first-order chi connectivity index (χ1) is 9.90. The van der Waals surface area contributed by atoms with Crippen LogP contribution >= 0.6 is 0 Å². The maximum atomic E-state index is 10.9. The van der Waals surface area contributed by atoms with Gasteiger partial charge in [-0.1, -0.05) is 6.07 Å². The van der Waals surface area contributed by atoms with Crippen molar-refractivity contribution in [1.82, 2.24) is 4.98 Å². The standard InChI is InChI=1S/C15H17N3O3/c1-9-8-14(10(2)7-13(9)18(19)20)21-15-12(11(3)16)5-4-6-17-15/h4-8,11H,16H2,1-3H3/t11-/m1/s1. The average molecular weight is 287 g/mol. The van der Waals surface area contributed by atoms with E-state index in [0.717, 1.165) is 5.56 Å². The number of hydrogen-bond donors (Lipinski definition) is 1. The first-order valence-electron chi connectivity index (χ1n) is 6.54. The molecule has 0 saturated carbocycles. The van der Waals surface area contributed by atoms with Crippen LogP contribution in [0, 0.1) is 24.0 Å². The van der Waals surface area contributed by atoms with Crippen LogP contribution in [0.3, 0.4) is 0 Å². The molecule has 0 amide bonds. The fraction of sp³-hybridized carbons (Fsp3) is 0.267. The molecule has 1 aromatic heterocycles. The van der Waals surface area contributed by atoms with Gasteiger partial charge >= 0.3 is 0 Å². The summed E-state index contributed by atoms with van der Waals surface area (Å²) in [5.41, 5.74) is 7.97. The van der Waals surface area contributed by atoms with Gasteiger partial charge in [0.25, 0.3) is 5.69 Å². The molecule has 0 aliphatic carbocycles. The minimum Gasteiger partial charge on any atom is -0.438 e. The van der Waals surface area contributed by atoms with Crippen molar-refractivity contribution in [1.29, 1.82) is 0 Å². The number of benzene rings is 1. The van der Waals surface area contributed by atoms with Gasteiger partial charge in [0.1, 0.15) is 5.75 Å². The summed E-state index contributed by atoms with van der Waals surface area (Å²) in [4.78, 5) is 14.7. The van der Waals surface area contributed by atoms with Crippen LogP contribution in [0.25, 0.3) is 0 Å². The van der Waals surface area contributed by atoms with Gasteiger partial charge in [0.2, 0.25) is 5.88 Å². The van der Waals surface area contributed by atoms with Crippen molar-refractivity contribution >= 4 is 5.69 Å². The molecule has 0 unspecified atom stereocenters. The highest BCUT2D eigenvalue weighted by atomic mass is 16.6. The molecule has 0 bridgehead atoms. The molecule has 0 spiro atoms. The summed E-state index contributed by atoms with van der Waals surface area (Å²) in [6.45, 7) is 5.28. The van der Waals surface area contributed by atoms with Gasteiger partial charge in [-0.15, -0.1) is 0 Å². The third-order valence-corrected chi connectivity index (χ3v) is 3.19. The number of nitro groups is 1. The number of hydrogen-bond acceptors (Lipinski definition) is 5. The summed E-state index contributed by atoms with van der Waals surface area (Å²) >= 11 is 0. The number of pyridine rings is 1. The van der Waals surface area contributed by atoms with Crippen LogP contribution in [0.1, 0.15) is 29.7 Å². The van der Waals surface area contributed by atoms with E-state index in [0.29, 0.717) is 22.8 Å². The number of rotatable bonds is 4. The maximum absolute atomic E-state index is 10.9. The van der Waals surface area contributed by atoms with Crippen LogP contribution in [-0.2, 0) is 0 Å². The van der Waals surface area contributed by atoms with Gasteiger partial charge in [0, 0.05) is 29.4 Å². The molecule has 1 heterocycles. The molecular formula is C15H17N3O3. The third kappa shape index (κ3) is 3.17. The summed E-state index contributed by atoms with van der Waals surface area (Å²) in [6.07, 6.45) is 1.62. The van der Waals surface area contributed by atoms with Crippen molar-refractivity contribution < 1.29 is 9.66 Å². The second kappa shape index (κ2) is 5.88. The van der Waals surface area contributed by atoms with E-state index in [-0.39, 0.29) is 11.7 Å². The second-order valence-corrected chi connectivity index (χ2v) is 4.95. The Morgan fingerprint density at radius 1 is 1.33 bits per heavy atom. The van der Waals surface area contributed by atoms with Gasteiger partial charge < -0.3 is 10.5 Å². The topological polar surface area (TPSA) is 91.3 Å². The Morgan fingerprint density at radius 2 is 2.05 bits per heavy atom. The summed E-state index contributed by atoms with van der Waals surface area (Å²) < 4.78 is 5.80. The minimum atomic E-state index is -0.403. The van der Waals surface area contributed by atoms with E-state index in [4.69, 9.17) is 10.5 Å². The Morgan fingerprint density at radius 3 is 2.67 bits per heavy atom. The molecule has 2 aromatic rings. The van der Waals surface area contributed by atoms with Gasteiger partial charge in [0.05, 0.1) is 4.92 Å². The summed E-state index contributed by atoms with van der Waals surface area (Å²) in [7, 11) is 0. The molecule has 1 aromatic carbocycles.